The zero-order chi connectivity index (χ0) is 14.4. The van der Waals surface area contributed by atoms with Crippen molar-refractivity contribution in [3.8, 4) is 0 Å². The molecule has 2 aromatic carbocycles. The van der Waals surface area contributed by atoms with Gasteiger partial charge in [-0.2, -0.15) is 0 Å². The molecule has 1 atom stereocenters. The van der Waals surface area contributed by atoms with Gasteiger partial charge in [0.05, 0.1) is 0 Å². The van der Waals surface area contributed by atoms with Gasteiger partial charge in [0.2, 0.25) is 0 Å². The van der Waals surface area contributed by atoms with Crippen LogP contribution in [0, 0.1) is 0 Å². The van der Waals surface area contributed by atoms with Crippen molar-refractivity contribution in [2.75, 3.05) is 25.5 Å². The third kappa shape index (κ3) is 4.08. The number of hydrogen-bond donors (Lipinski definition) is 2. The number of anilines is 1. The fourth-order valence-corrected chi connectivity index (χ4v) is 2.15. The van der Waals surface area contributed by atoms with E-state index in [-0.39, 0.29) is 0 Å². The van der Waals surface area contributed by atoms with E-state index in [9.17, 15) is 5.11 Å². The lowest BCUT2D eigenvalue weighted by Gasteiger charge is -2.13. The molecular formula is C17H23N2O+. The molecule has 3 heteroatoms. The summed E-state index contributed by atoms with van der Waals surface area (Å²) < 4.78 is 0. The van der Waals surface area contributed by atoms with E-state index in [1.54, 1.807) is 0 Å². The predicted molar refractivity (Wildman–Crippen MR) is 82.7 cm³/mol. The van der Waals surface area contributed by atoms with Crippen LogP contribution < -0.4 is 10.2 Å². The Morgan fingerprint density at radius 3 is 2.25 bits per heavy atom. The van der Waals surface area contributed by atoms with Gasteiger partial charge < -0.3 is 15.3 Å². The van der Waals surface area contributed by atoms with Crippen molar-refractivity contribution in [3.63, 3.8) is 0 Å². The quantitative estimate of drug-likeness (QED) is 0.837. The number of rotatable bonds is 6. The maximum Gasteiger partial charge on any atom is 0.128 e. The van der Waals surface area contributed by atoms with E-state index in [4.69, 9.17) is 0 Å². The second kappa shape index (κ2) is 7.08. The van der Waals surface area contributed by atoms with E-state index >= 15 is 0 Å². The maximum atomic E-state index is 10.1. The summed E-state index contributed by atoms with van der Waals surface area (Å²) in [6.07, 6.45) is -0.405. The van der Waals surface area contributed by atoms with Crippen molar-refractivity contribution in [2.24, 2.45) is 0 Å². The first-order valence-corrected chi connectivity index (χ1v) is 6.98. The highest BCUT2D eigenvalue weighted by atomic mass is 16.3. The van der Waals surface area contributed by atoms with E-state index in [0.29, 0.717) is 6.54 Å². The van der Waals surface area contributed by atoms with Crippen LogP contribution in [0.25, 0.3) is 0 Å². The van der Waals surface area contributed by atoms with Crippen LogP contribution in [-0.2, 0) is 6.54 Å². The summed E-state index contributed by atoms with van der Waals surface area (Å²) in [5.41, 5.74) is 3.46. The third-order valence-electron chi connectivity index (χ3n) is 3.41. The van der Waals surface area contributed by atoms with Gasteiger partial charge in [-0.05, 0) is 17.7 Å². The molecule has 0 spiro atoms. The fraction of sp³-hybridized carbons (Fsp3) is 0.294. The number of quaternary nitrogens is 1. The molecule has 3 nitrogen and oxygen atoms in total. The minimum absolute atomic E-state index is 0.405. The van der Waals surface area contributed by atoms with Gasteiger partial charge in [-0.15, -0.1) is 0 Å². The standard InChI is InChI=1S/C17H22N2O/c1-19(2)16-10-8-14(9-11-16)12-18-13-17(20)15-6-4-3-5-7-15/h3-11,17-18,20H,12-13H2,1-2H3/p+1/t17-/m0/s1. The molecule has 0 amide bonds. The number of benzene rings is 2. The van der Waals surface area contributed by atoms with E-state index in [0.717, 1.165) is 12.1 Å². The lowest BCUT2D eigenvalue weighted by atomic mass is 10.1. The number of aliphatic hydroxyl groups excluding tert-OH is 1. The molecule has 3 N–H and O–H groups in total. The molecule has 0 fully saturated rings. The van der Waals surface area contributed by atoms with E-state index < -0.39 is 6.10 Å². The Kier molecular flexibility index (Phi) is 5.16. The SMILES string of the molecule is CN(C)c1ccc(C[NH2+]C[C@H](O)c2ccccc2)cc1. The van der Waals surface area contributed by atoms with Crippen LogP contribution in [0.1, 0.15) is 17.2 Å². The van der Waals surface area contributed by atoms with Crippen molar-refractivity contribution < 1.29 is 10.4 Å². The number of nitrogens with zero attached hydrogens (tertiary/aromatic N) is 1. The molecule has 0 aliphatic rings. The van der Waals surface area contributed by atoms with Crippen LogP contribution in [-0.4, -0.2) is 25.7 Å². The summed E-state index contributed by atoms with van der Waals surface area (Å²) in [5, 5.41) is 12.2. The highest BCUT2D eigenvalue weighted by molar-refractivity contribution is 5.45. The first-order valence-electron chi connectivity index (χ1n) is 6.98. The molecule has 0 aliphatic carbocycles. The van der Waals surface area contributed by atoms with E-state index in [1.807, 2.05) is 44.4 Å². The molecule has 20 heavy (non-hydrogen) atoms. The van der Waals surface area contributed by atoms with Crippen LogP contribution in [0.2, 0.25) is 0 Å². The molecule has 0 bridgehead atoms. The lowest BCUT2D eigenvalue weighted by Crippen LogP contribution is -2.83. The molecule has 0 saturated carbocycles. The Morgan fingerprint density at radius 1 is 1.00 bits per heavy atom. The average molecular weight is 271 g/mol. The van der Waals surface area contributed by atoms with Crippen molar-refractivity contribution in [1.82, 2.24) is 0 Å². The van der Waals surface area contributed by atoms with Gasteiger partial charge in [0.1, 0.15) is 19.2 Å². The molecule has 0 unspecified atom stereocenters. The van der Waals surface area contributed by atoms with Gasteiger partial charge in [-0.1, -0.05) is 42.5 Å². The number of hydrogen-bond acceptors (Lipinski definition) is 2. The van der Waals surface area contributed by atoms with Crippen LogP contribution >= 0.6 is 0 Å². The summed E-state index contributed by atoms with van der Waals surface area (Å²) in [5.74, 6) is 0. The van der Waals surface area contributed by atoms with E-state index in [2.05, 4.69) is 34.5 Å². The largest absolute Gasteiger partial charge is 0.382 e. The van der Waals surface area contributed by atoms with Gasteiger partial charge in [0.25, 0.3) is 0 Å². The van der Waals surface area contributed by atoms with E-state index in [1.165, 1.54) is 11.3 Å². The van der Waals surface area contributed by atoms with Gasteiger partial charge in [0, 0.05) is 25.3 Å². The number of nitrogens with two attached hydrogens (primary N) is 1. The first-order chi connectivity index (χ1) is 9.66. The lowest BCUT2D eigenvalue weighted by molar-refractivity contribution is -0.677. The normalized spacial score (nSPS) is 12.2. The Balaban J connectivity index is 1.81. The topological polar surface area (TPSA) is 40.1 Å². The Hall–Kier alpha value is -1.84. The molecule has 0 saturated heterocycles. The van der Waals surface area contributed by atoms with Gasteiger partial charge in [-0.3, -0.25) is 0 Å². The molecule has 0 aromatic heterocycles. The van der Waals surface area contributed by atoms with Crippen molar-refractivity contribution in [3.05, 3.63) is 65.7 Å². The summed E-state index contributed by atoms with van der Waals surface area (Å²) >= 11 is 0. The third-order valence-corrected chi connectivity index (χ3v) is 3.41. The Bertz CT molecular complexity index is 508. The molecule has 0 aliphatic heterocycles. The summed E-state index contributed by atoms with van der Waals surface area (Å²) in [6, 6.07) is 18.3. The molecule has 2 rings (SSSR count). The maximum absolute atomic E-state index is 10.1. The molecule has 2 aromatic rings. The van der Waals surface area contributed by atoms with Crippen molar-refractivity contribution in [2.45, 2.75) is 12.6 Å². The zero-order valence-corrected chi connectivity index (χ0v) is 12.2. The molecule has 106 valence electrons. The van der Waals surface area contributed by atoms with Crippen LogP contribution in [0.4, 0.5) is 5.69 Å². The second-order valence-corrected chi connectivity index (χ2v) is 5.22. The summed E-state index contributed by atoms with van der Waals surface area (Å²) in [7, 11) is 4.08. The smallest absolute Gasteiger partial charge is 0.128 e. The first kappa shape index (κ1) is 14.6. The molecule has 0 radical (unpaired) electrons. The number of aliphatic hydroxyl groups is 1. The summed E-state index contributed by atoms with van der Waals surface area (Å²) in [6.45, 7) is 1.57. The Labute approximate surface area is 120 Å². The van der Waals surface area contributed by atoms with Gasteiger partial charge in [0.15, 0.2) is 0 Å². The van der Waals surface area contributed by atoms with Gasteiger partial charge in [-0.25, -0.2) is 0 Å². The molecular weight excluding hydrogens is 248 g/mol. The minimum Gasteiger partial charge on any atom is -0.382 e. The van der Waals surface area contributed by atoms with Gasteiger partial charge >= 0.3 is 0 Å². The summed E-state index contributed by atoms with van der Waals surface area (Å²) in [4.78, 5) is 2.09. The van der Waals surface area contributed by atoms with Crippen LogP contribution in [0.3, 0.4) is 0 Å². The fourth-order valence-electron chi connectivity index (χ4n) is 2.15. The molecule has 0 heterocycles. The second-order valence-electron chi connectivity index (χ2n) is 5.22. The Morgan fingerprint density at radius 2 is 1.65 bits per heavy atom. The average Bonchev–Trinajstić information content (AvgIpc) is 2.48. The zero-order valence-electron chi connectivity index (χ0n) is 12.2. The van der Waals surface area contributed by atoms with Crippen molar-refractivity contribution in [1.29, 1.82) is 0 Å². The highest BCUT2D eigenvalue weighted by Gasteiger charge is 2.08. The van der Waals surface area contributed by atoms with Crippen LogP contribution in [0.5, 0.6) is 0 Å². The van der Waals surface area contributed by atoms with Crippen molar-refractivity contribution >= 4 is 5.69 Å². The minimum atomic E-state index is -0.405. The highest BCUT2D eigenvalue weighted by Crippen LogP contribution is 2.12. The monoisotopic (exact) mass is 271 g/mol. The predicted octanol–water partition coefficient (Wildman–Crippen LogP) is 1.55. The van der Waals surface area contributed by atoms with Crippen LogP contribution in [0.15, 0.2) is 54.6 Å².